The third-order valence-corrected chi connectivity index (χ3v) is 2.50. The molecule has 17 heavy (non-hydrogen) atoms. The van der Waals surface area contributed by atoms with Crippen LogP contribution in [0.1, 0.15) is 13.8 Å². The van der Waals surface area contributed by atoms with E-state index in [1.165, 1.54) is 0 Å². The van der Waals surface area contributed by atoms with Crippen LogP contribution in [0.2, 0.25) is 0 Å². The highest BCUT2D eigenvalue weighted by Gasteiger charge is 2.09. The fraction of sp³-hybridized carbons (Fsp3) is 0.615. The van der Waals surface area contributed by atoms with Gasteiger partial charge in [0.2, 0.25) is 0 Å². The standard InChI is InChI=1S/C13H24N4/c1-11(2)10-17(8-7-16(3)4)13-6-5-12(14)9-15-13/h5-6,9,11H,7-8,10,14H2,1-4H3. The highest BCUT2D eigenvalue weighted by atomic mass is 15.2. The first kappa shape index (κ1) is 13.8. The summed E-state index contributed by atoms with van der Waals surface area (Å²) in [5.41, 5.74) is 6.37. The van der Waals surface area contributed by atoms with E-state index in [1.54, 1.807) is 6.20 Å². The maximum atomic E-state index is 5.66. The van der Waals surface area contributed by atoms with Gasteiger partial charge in [0.1, 0.15) is 5.82 Å². The summed E-state index contributed by atoms with van der Waals surface area (Å²) in [7, 11) is 4.17. The maximum absolute atomic E-state index is 5.66. The zero-order valence-corrected chi connectivity index (χ0v) is 11.3. The highest BCUT2D eigenvalue weighted by Crippen LogP contribution is 2.13. The average molecular weight is 236 g/mol. The van der Waals surface area contributed by atoms with Crippen molar-refractivity contribution in [2.45, 2.75) is 13.8 Å². The van der Waals surface area contributed by atoms with Gasteiger partial charge in [-0.15, -0.1) is 0 Å². The molecule has 4 nitrogen and oxygen atoms in total. The molecule has 0 atom stereocenters. The van der Waals surface area contributed by atoms with Crippen molar-refractivity contribution in [3.8, 4) is 0 Å². The predicted octanol–water partition coefficient (Wildman–Crippen LogP) is 1.69. The Morgan fingerprint density at radius 2 is 1.94 bits per heavy atom. The Bertz CT molecular complexity index is 319. The summed E-state index contributed by atoms with van der Waals surface area (Å²) in [6.45, 7) is 7.48. The highest BCUT2D eigenvalue weighted by molar-refractivity contribution is 5.45. The van der Waals surface area contributed by atoms with Crippen LogP contribution in [0.5, 0.6) is 0 Å². The maximum Gasteiger partial charge on any atom is 0.128 e. The van der Waals surface area contributed by atoms with E-state index in [1.807, 2.05) is 12.1 Å². The average Bonchev–Trinajstić information content (AvgIpc) is 2.25. The molecule has 2 N–H and O–H groups in total. The van der Waals surface area contributed by atoms with E-state index in [2.05, 4.69) is 42.7 Å². The number of hydrogen-bond donors (Lipinski definition) is 1. The SMILES string of the molecule is CC(C)CN(CCN(C)C)c1ccc(N)cn1. The lowest BCUT2D eigenvalue weighted by atomic mass is 10.2. The van der Waals surface area contributed by atoms with Crippen molar-refractivity contribution < 1.29 is 0 Å². The molecule has 0 aromatic carbocycles. The van der Waals surface area contributed by atoms with Crippen LogP contribution in [0.25, 0.3) is 0 Å². The Labute approximate surface area is 104 Å². The minimum atomic E-state index is 0.622. The summed E-state index contributed by atoms with van der Waals surface area (Å²) >= 11 is 0. The van der Waals surface area contributed by atoms with Crippen molar-refractivity contribution in [1.82, 2.24) is 9.88 Å². The first-order chi connectivity index (χ1) is 7.99. The van der Waals surface area contributed by atoms with Gasteiger partial charge < -0.3 is 15.5 Å². The molecule has 1 rings (SSSR count). The van der Waals surface area contributed by atoms with Gasteiger partial charge in [-0.05, 0) is 32.1 Å². The van der Waals surface area contributed by atoms with Crippen molar-refractivity contribution >= 4 is 11.5 Å². The summed E-state index contributed by atoms with van der Waals surface area (Å²) in [4.78, 5) is 8.89. The summed E-state index contributed by atoms with van der Waals surface area (Å²) in [6, 6.07) is 3.90. The zero-order chi connectivity index (χ0) is 12.8. The number of hydrogen-bond acceptors (Lipinski definition) is 4. The Morgan fingerprint density at radius 1 is 1.24 bits per heavy atom. The molecule has 0 radical (unpaired) electrons. The molecule has 0 saturated heterocycles. The Balaban J connectivity index is 2.70. The van der Waals surface area contributed by atoms with Gasteiger partial charge in [-0.2, -0.15) is 0 Å². The van der Waals surface area contributed by atoms with Crippen molar-refractivity contribution in [3.05, 3.63) is 18.3 Å². The minimum Gasteiger partial charge on any atom is -0.397 e. The molecular weight excluding hydrogens is 212 g/mol. The molecular formula is C13H24N4. The van der Waals surface area contributed by atoms with Crippen LogP contribution >= 0.6 is 0 Å². The third kappa shape index (κ3) is 5.04. The van der Waals surface area contributed by atoms with Crippen LogP contribution in [0.15, 0.2) is 18.3 Å². The number of likely N-dealkylation sites (N-methyl/N-ethyl adjacent to an activating group) is 1. The van der Waals surface area contributed by atoms with E-state index in [4.69, 9.17) is 5.73 Å². The van der Waals surface area contributed by atoms with Crippen molar-refractivity contribution in [2.75, 3.05) is 44.4 Å². The lowest BCUT2D eigenvalue weighted by molar-refractivity contribution is 0.408. The van der Waals surface area contributed by atoms with Gasteiger partial charge in [0.15, 0.2) is 0 Å². The number of aromatic nitrogens is 1. The summed E-state index contributed by atoms with van der Waals surface area (Å²) in [5.74, 6) is 1.63. The second kappa shape index (κ2) is 6.45. The lowest BCUT2D eigenvalue weighted by Crippen LogP contribution is -2.34. The van der Waals surface area contributed by atoms with E-state index >= 15 is 0 Å². The van der Waals surface area contributed by atoms with Gasteiger partial charge in [-0.3, -0.25) is 0 Å². The molecule has 0 bridgehead atoms. The van der Waals surface area contributed by atoms with Crippen LogP contribution < -0.4 is 10.6 Å². The van der Waals surface area contributed by atoms with Gasteiger partial charge in [0.05, 0.1) is 11.9 Å². The van der Waals surface area contributed by atoms with E-state index in [0.717, 1.165) is 25.5 Å². The first-order valence-corrected chi connectivity index (χ1v) is 6.10. The molecule has 0 spiro atoms. The van der Waals surface area contributed by atoms with Gasteiger partial charge in [-0.1, -0.05) is 13.8 Å². The number of rotatable bonds is 6. The molecule has 0 amide bonds. The van der Waals surface area contributed by atoms with Gasteiger partial charge in [0, 0.05) is 19.6 Å². The van der Waals surface area contributed by atoms with Crippen molar-refractivity contribution in [2.24, 2.45) is 5.92 Å². The molecule has 1 aromatic heterocycles. The largest absolute Gasteiger partial charge is 0.397 e. The molecule has 96 valence electrons. The molecule has 4 heteroatoms. The summed E-state index contributed by atoms with van der Waals surface area (Å²) < 4.78 is 0. The van der Waals surface area contributed by atoms with Gasteiger partial charge in [-0.25, -0.2) is 4.98 Å². The number of anilines is 2. The molecule has 1 heterocycles. The topological polar surface area (TPSA) is 45.4 Å². The smallest absolute Gasteiger partial charge is 0.128 e. The monoisotopic (exact) mass is 236 g/mol. The van der Waals surface area contributed by atoms with Crippen molar-refractivity contribution in [1.29, 1.82) is 0 Å². The van der Waals surface area contributed by atoms with Crippen LogP contribution in [0.4, 0.5) is 11.5 Å². The van der Waals surface area contributed by atoms with Gasteiger partial charge in [0.25, 0.3) is 0 Å². The Morgan fingerprint density at radius 3 is 2.41 bits per heavy atom. The van der Waals surface area contributed by atoms with E-state index in [0.29, 0.717) is 11.6 Å². The lowest BCUT2D eigenvalue weighted by Gasteiger charge is -2.27. The summed E-state index contributed by atoms with van der Waals surface area (Å²) in [6.07, 6.45) is 1.72. The fourth-order valence-electron chi connectivity index (χ4n) is 1.65. The Hall–Kier alpha value is -1.29. The zero-order valence-electron chi connectivity index (χ0n) is 11.3. The molecule has 0 aliphatic rings. The molecule has 0 fully saturated rings. The quantitative estimate of drug-likeness (QED) is 0.816. The molecule has 0 aliphatic carbocycles. The van der Waals surface area contributed by atoms with Gasteiger partial charge >= 0.3 is 0 Å². The van der Waals surface area contributed by atoms with Crippen LogP contribution in [-0.2, 0) is 0 Å². The molecule has 0 aliphatic heterocycles. The third-order valence-electron chi connectivity index (χ3n) is 2.50. The normalized spacial score (nSPS) is 11.2. The van der Waals surface area contributed by atoms with E-state index in [9.17, 15) is 0 Å². The number of nitrogen functional groups attached to an aromatic ring is 1. The predicted molar refractivity (Wildman–Crippen MR) is 74.3 cm³/mol. The minimum absolute atomic E-state index is 0.622. The van der Waals surface area contributed by atoms with Crippen LogP contribution in [0.3, 0.4) is 0 Å². The van der Waals surface area contributed by atoms with Crippen molar-refractivity contribution in [3.63, 3.8) is 0 Å². The Kier molecular flexibility index (Phi) is 5.22. The van der Waals surface area contributed by atoms with E-state index < -0.39 is 0 Å². The number of pyridine rings is 1. The van der Waals surface area contributed by atoms with E-state index in [-0.39, 0.29) is 0 Å². The molecule has 1 aromatic rings. The number of nitrogens with zero attached hydrogens (tertiary/aromatic N) is 3. The molecule has 0 unspecified atom stereocenters. The van der Waals surface area contributed by atoms with Crippen LogP contribution in [0, 0.1) is 5.92 Å². The second-order valence-electron chi connectivity index (χ2n) is 5.09. The first-order valence-electron chi connectivity index (χ1n) is 6.10. The fourth-order valence-corrected chi connectivity index (χ4v) is 1.65. The number of nitrogens with two attached hydrogens (primary N) is 1. The summed E-state index contributed by atoms with van der Waals surface area (Å²) in [5, 5.41) is 0. The molecule has 0 saturated carbocycles. The second-order valence-corrected chi connectivity index (χ2v) is 5.09. The van der Waals surface area contributed by atoms with Crippen LogP contribution in [-0.4, -0.2) is 43.6 Å².